The van der Waals surface area contributed by atoms with Crippen molar-refractivity contribution in [2.24, 2.45) is 16.6 Å². The fourth-order valence-corrected chi connectivity index (χ4v) is 3.68. The number of carbonyl (C=O) groups excluding carboxylic acids is 1. The summed E-state index contributed by atoms with van der Waals surface area (Å²) in [4.78, 5) is 48.0. The molecule has 4 rings (SSSR count). The first kappa shape index (κ1) is 25.1. The highest BCUT2D eigenvalue weighted by Crippen LogP contribution is 2.35. The molecule has 3 aromatic heterocycles. The van der Waals surface area contributed by atoms with Gasteiger partial charge in [-0.25, -0.2) is 15.0 Å². The maximum Gasteiger partial charge on any atom is 0.261 e. The van der Waals surface area contributed by atoms with Crippen LogP contribution in [-0.4, -0.2) is 44.1 Å². The Balaban J connectivity index is 0.00000342. The molecule has 0 fully saturated rings. The largest absolute Gasteiger partial charge is 0.395 e. The molecule has 1 amide bonds. The number of nitrogen functional groups attached to an aromatic ring is 1. The first-order valence-electron chi connectivity index (χ1n) is 10.6. The minimum Gasteiger partial charge on any atom is -0.395 e. The number of nitrogens with zero attached hydrogens (tertiary/aromatic N) is 4. The van der Waals surface area contributed by atoms with Gasteiger partial charge in [-0.15, -0.1) is 0 Å². The van der Waals surface area contributed by atoms with Gasteiger partial charge in [0.25, 0.3) is 5.56 Å². The normalized spacial score (nSPS) is 12.1. The third-order valence-corrected chi connectivity index (χ3v) is 5.38. The van der Waals surface area contributed by atoms with Gasteiger partial charge < -0.3 is 26.8 Å². The molecule has 0 saturated heterocycles. The summed E-state index contributed by atoms with van der Waals surface area (Å²) in [6, 6.07) is 6.22. The van der Waals surface area contributed by atoms with E-state index < -0.39 is 11.5 Å². The van der Waals surface area contributed by atoms with Crippen LogP contribution in [0.2, 0.25) is 0 Å². The van der Waals surface area contributed by atoms with E-state index in [1.165, 1.54) is 6.21 Å². The van der Waals surface area contributed by atoms with E-state index in [1.807, 2.05) is 13.8 Å². The van der Waals surface area contributed by atoms with E-state index in [1.54, 1.807) is 43.7 Å². The third-order valence-electron chi connectivity index (χ3n) is 5.38. The van der Waals surface area contributed by atoms with Crippen LogP contribution < -0.4 is 22.3 Å². The second kappa shape index (κ2) is 10.2. The molecule has 0 saturated carbocycles. The number of rotatable bonds is 7. The van der Waals surface area contributed by atoms with Gasteiger partial charge in [0.05, 0.1) is 34.1 Å². The van der Waals surface area contributed by atoms with Crippen LogP contribution in [0.1, 0.15) is 49.2 Å². The molecule has 11 nitrogen and oxygen atoms in total. The first-order valence-corrected chi connectivity index (χ1v) is 10.6. The minimum atomic E-state index is -0.562. The predicted molar refractivity (Wildman–Crippen MR) is 139 cm³/mol. The van der Waals surface area contributed by atoms with Crippen molar-refractivity contribution in [3.63, 3.8) is 0 Å². The molecule has 0 aliphatic carbocycles. The van der Waals surface area contributed by atoms with Crippen LogP contribution in [0.25, 0.3) is 22.4 Å². The van der Waals surface area contributed by atoms with Gasteiger partial charge in [0.2, 0.25) is 5.91 Å². The van der Waals surface area contributed by atoms with E-state index in [2.05, 4.69) is 35.2 Å². The second-order valence-electron chi connectivity index (χ2n) is 8.07. The van der Waals surface area contributed by atoms with Gasteiger partial charge in [-0.05, 0) is 30.2 Å². The predicted octanol–water partition coefficient (Wildman–Crippen LogP) is 2.88. The number of H-pyrrole nitrogens is 2. The smallest absolute Gasteiger partial charge is 0.261 e. The van der Waals surface area contributed by atoms with Crippen molar-refractivity contribution in [1.29, 1.82) is 0 Å². The average molecular weight is 476 g/mol. The summed E-state index contributed by atoms with van der Waals surface area (Å²) in [5.41, 5.74) is 14.2. The molecule has 0 radical (unpaired) electrons. The molecule has 0 spiro atoms. The van der Waals surface area contributed by atoms with Gasteiger partial charge in [-0.2, -0.15) is 0 Å². The van der Waals surface area contributed by atoms with E-state index in [4.69, 9.17) is 11.5 Å². The number of nitrogens with one attached hydrogen (secondary N) is 3. The van der Waals surface area contributed by atoms with Crippen molar-refractivity contribution in [1.82, 2.24) is 24.9 Å². The van der Waals surface area contributed by atoms with Crippen molar-refractivity contribution in [2.75, 3.05) is 18.1 Å². The van der Waals surface area contributed by atoms with E-state index in [9.17, 15) is 9.59 Å². The Hall–Kier alpha value is -4.54. The number of imidazole rings is 1. The third kappa shape index (κ3) is 4.88. The van der Waals surface area contributed by atoms with Gasteiger partial charge in [0.1, 0.15) is 11.4 Å². The number of aromatic amines is 2. The summed E-state index contributed by atoms with van der Waals surface area (Å²) in [6.07, 6.45) is 4.80. The lowest BCUT2D eigenvalue weighted by atomic mass is 10.0. The monoisotopic (exact) mass is 475 g/mol. The number of hydrogen-bond acceptors (Lipinski definition) is 8. The standard InChI is InChI=1S/C23H25N9O2.CH4/c1-11(2)18(22-27-7-4-8-28-22)32-19-16(23(34)31-15(10-26-3)17(19)24)21-29-13-6-5-12(20(25)33)9-14(13)30-21;/h4-11,18H,24H2,1-3H3,(H2,25,33)(H,29,30)(H2,31,32,34);1H4/t18-;/m0./s1. The Bertz CT molecular complexity index is 1440. The van der Waals surface area contributed by atoms with Crippen LogP contribution >= 0.6 is 0 Å². The van der Waals surface area contributed by atoms with Crippen molar-refractivity contribution in [3.8, 4) is 11.4 Å². The molecular formula is C24H29N9O2. The summed E-state index contributed by atoms with van der Waals surface area (Å²) in [7, 11) is 1.59. The molecule has 3 heterocycles. The number of pyridine rings is 1. The van der Waals surface area contributed by atoms with Crippen molar-refractivity contribution in [2.45, 2.75) is 27.3 Å². The first-order chi connectivity index (χ1) is 16.3. The molecule has 182 valence electrons. The highest BCUT2D eigenvalue weighted by molar-refractivity contribution is 5.98. The number of primary amides is 1. The molecule has 1 atom stereocenters. The number of aliphatic imine (C=N–C) groups is 1. The number of anilines is 2. The number of benzene rings is 1. The van der Waals surface area contributed by atoms with Crippen molar-refractivity contribution in [3.05, 3.63) is 64.1 Å². The van der Waals surface area contributed by atoms with Gasteiger partial charge >= 0.3 is 0 Å². The quantitative estimate of drug-likeness (QED) is 0.255. The lowest BCUT2D eigenvalue weighted by molar-refractivity contribution is 0.100. The molecule has 0 aliphatic rings. The number of fused-ring (bicyclic) bond motifs is 1. The Labute approximate surface area is 202 Å². The molecule has 4 aromatic rings. The summed E-state index contributed by atoms with van der Waals surface area (Å²) in [5, 5.41) is 3.38. The SMILES string of the molecule is C.CN=Cc1[nH]c(=O)c(-c2nc3ccc(C(N)=O)cc3[nH]2)c(N[C@H](c2ncccn2)C(C)C)c1N. The molecule has 35 heavy (non-hydrogen) atoms. The maximum atomic E-state index is 13.3. The van der Waals surface area contributed by atoms with Gasteiger partial charge in [-0.1, -0.05) is 21.3 Å². The second-order valence-corrected chi connectivity index (χ2v) is 8.07. The molecular weight excluding hydrogens is 446 g/mol. The highest BCUT2D eigenvalue weighted by Gasteiger charge is 2.25. The zero-order chi connectivity index (χ0) is 24.4. The summed E-state index contributed by atoms with van der Waals surface area (Å²) >= 11 is 0. The Kier molecular flexibility index (Phi) is 7.28. The Morgan fingerprint density at radius 2 is 1.91 bits per heavy atom. The van der Waals surface area contributed by atoms with E-state index in [0.717, 1.165) is 0 Å². The fourth-order valence-electron chi connectivity index (χ4n) is 3.68. The van der Waals surface area contributed by atoms with Gasteiger partial charge in [0.15, 0.2) is 5.82 Å². The van der Waals surface area contributed by atoms with Crippen molar-refractivity contribution < 1.29 is 4.79 Å². The lowest BCUT2D eigenvalue weighted by Gasteiger charge is -2.24. The van der Waals surface area contributed by atoms with E-state index >= 15 is 0 Å². The van der Waals surface area contributed by atoms with Gasteiger partial charge in [0, 0.05) is 31.2 Å². The molecule has 0 unspecified atom stereocenters. The number of amides is 1. The fraction of sp³-hybridized carbons (Fsp3) is 0.250. The van der Waals surface area contributed by atoms with Crippen LogP contribution in [0.5, 0.6) is 0 Å². The number of nitrogens with two attached hydrogens (primary N) is 2. The van der Waals surface area contributed by atoms with Gasteiger partial charge in [-0.3, -0.25) is 14.6 Å². The van der Waals surface area contributed by atoms with Crippen LogP contribution in [0.15, 0.2) is 46.4 Å². The summed E-state index contributed by atoms with van der Waals surface area (Å²) in [5.74, 6) is 0.340. The Morgan fingerprint density at radius 1 is 1.20 bits per heavy atom. The highest BCUT2D eigenvalue weighted by atomic mass is 16.1. The molecule has 7 N–H and O–H groups in total. The molecule has 11 heteroatoms. The minimum absolute atomic E-state index is 0. The molecule has 0 aliphatic heterocycles. The average Bonchev–Trinajstić information content (AvgIpc) is 3.23. The number of hydrogen-bond donors (Lipinski definition) is 5. The topological polar surface area (TPSA) is 181 Å². The molecule has 1 aromatic carbocycles. The van der Waals surface area contributed by atoms with Crippen molar-refractivity contribution >= 4 is 34.5 Å². The van der Waals surface area contributed by atoms with E-state index in [0.29, 0.717) is 39.5 Å². The summed E-state index contributed by atoms with van der Waals surface area (Å²) in [6.45, 7) is 4.02. The zero-order valence-electron chi connectivity index (χ0n) is 19.0. The Morgan fingerprint density at radius 3 is 2.54 bits per heavy atom. The van der Waals surface area contributed by atoms with E-state index in [-0.39, 0.29) is 30.8 Å². The summed E-state index contributed by atoms with van der Waals surface area (Å²) < 4.78 is 0. The van der Waals surface area contributed by atoms with Crippen LogP contribution in [-0.2, 0) is 0 Å². The lowest BCUT2D eigenvalue weighted by Crippen LogP contribution is -2.24. The van der Waals surface area contributed by atoms with Crippen LogP contribution in [0.3, 0.4) is 0 Å². The zero-order valence-corrected chi connectivity index (χ0v) is 19.0. The van der Waals surface area contributed by atoms with Crippen LogP contribution in [0, 0.1) is 5.92 Å². The maximum absolute atomic E-state index is 13.3. The van der Waals surface area contributed by atoms with Crippen LogP contribution in [0.4, 0.5) is 11.4 Å². The number of carbonyl (C=O) groups is 1. The molecule has 0 bridgehead atoms. The number of aromatic nitrogens is 5.